The van der Waals surface area contributed by atoms with Crippen LogP contribution in [0.15, 0.2) is 0 Å². The third-order valence-electron chi connectivity index (χ3n) is 0.167. The molecule has 0 aromatic heterocycles. The Morgan fingerprint density at radius 2 is 1.67 bits per heavy atom. The van der Waals surface area contributed by atoms with Crippen LogP contribution in [0.1, 0.15) is 13.8 Å². The summed E-state index contributed by atoms with van der Waals surface area (Å²) in [6.45, 7) is 4.01. The van der Waals surface area contributed by atoms with Gasteiger partial charge in [-0.05, 0) is 0 Å². The van der Waals surface area contributed by atoms with Gasteiger partial charge in [0.1, 0.15) is 0 Å². The summed E-state index contributed by atoms with van der Waals surface area (Å²) in [5.41, 5.74) is 0. The third-order valence-corrected chi connectivity index (χ3v) is 1.24. The molecule has 0 N–H and O–H groups in total. The van der Waals surface area contributed by atoms with Gasteiger partial charge in [-0.3, -0.25) is 0 Å². The predicted molar refractivity (Wildman–Crippen MR) is 16.2 cm³/mol. The molecule has 0 saturated carbocycles. The second-order valence-electron chi connectivity index (χ2n) is 1.13. The molecule has 0 atom stereocenters. The Morgan fingerprint density at radius 3 is 1.67 bits per heavy atom. The first-order valence-electron chi connectivity index (χ1n) is 1.53. The van der Waals surface area contributed by atoms with E-state index in [1.54, 1.807) is 0 Å². The van der Waals surface area contributed by atoms with Gasteiger partial charge in [0.05, 0.1) is 0 Å². The Labute approximate surface area is 97.3 Å². The van der Waals surface area contributed by atoms with Gasteiger partial charge in [0.25, 0.3) is 0 Å². The predicted octanol–water partition coefficient (Wildman–Crippen LogP) is 0.876. The summed E-state index contributed by atoms with van der Waals surface area (Å²) in [7, 11) is 0. The van der Waals surface area contributed by atoms with Crippen molar-refractivity contribution in [1.82, 2.24) is 0 Å². The molecule has 0 aliphatic rings. The molecule has 0 fully saturated rings. The van der Waals surface area contributed by atoms with Gasteiger partial charge in [-0.15, -0.1) is 0 Å². The first kappa shape index (κ1) is 11.4. The summed E-state index contributed by atoms with van der Waals surface area (Å²) in [5, 5.41) is 0. The fourth-order valence-electron chi connectivity index (χ4n) is 0. The molecule has 1 nitrogen and oxygen atoms in total. The Bertz CT molecular complexity index is 22.8. The van der Waals surface area contributed by atoms with E-state index in [1.807, 2.05) is 13.8 Å². The minimum atomic E-state index is 0. The molecule has 0 rings (SSSR count). The van der Waals surface area contributed by atoms with E-state index >= 15 is 0 Å². The number of hydrogen-bond acceptors (Lipinski definition) is 1. The fraction of sp³-hybridized carbons (Fsp3) is 1.00. The zero-order valence-electron chi connectivity index (χ0n) is 3.69. The summed E-state index contributed by atoms with van der Waals surface area (Å²) >= 11 is 1.53. The molecule has 0 bridgehead atoms. The minimum absolute atomic E-state index is 0. The largest absolute Gasteiger partial charge is 0 e. The summed E-state index contributed by atoms with van der Waals surface area (Å²) < 4.78 is 4.78. The van der Waals surface area contributed by atoms with E-state index in [-0.39, 0.29) is 39.9 Å². The normalized spacial score (nSPS) is 8.00. The Balaban J connectivity index is 0. The van der Waals surface area contributed by atoms with E-state index in [0.717, 1.165) is 0 Å². The molecule has 0 unspecified atom stereocenters. The van der Waals surface area contributed by atoms with E-state index in [1.165, 1.54) is 38.5 Å². The zero-order chi connectivity index (χ0) is 4.28. The molecule has 0 saturated heterocycles. The van der Waals surface area contributed by atoms with Crippen LogP contribution in [0.2, 0.25) is 0 Å². The molecular weight excluding hydrogens is 367 g/mol. The van der Waals surface area contributed by atoms with Gasteiger partial charge in [-0.1, -0.05) is 0 Å². The van der Waals surface area contributed by atoms with Gasteiger partial charge in [-0.25, -0.2) is 0 Å². The second-order valence-corrected chi connectivity index (χ2v) is 1.67. The molecule has 0 radical (unpaired) electrons. The minimum Gasteiger partial charge on any atom is 0 e. The summed E-state index contributed by atoms with van der Waals surface area (Å²) in [6, 6.07) is 0. The number of rotatable bonds is 1. The van der Waals surface area contributed by atoms with E-state index in [4.69, 9.17) is 1.17 Å². The maximum absolute atomic E-state index is 4.78. The van der Waals surface area contributed by atoms with E-state index in [2.05, 4.69) is 0 Å². The van der Waals surface area contributed by atoms with E-state index < -0.39 is 0 Å². The van der Waals surface area contributed by atoms with Gasteiger partial charge in [-0.2, -0.15) is 0 Å². The molecular formula is C3H7Gd2O. The van der Waals surface area contributed by atoms with E-state index in [9.17, 15) is 0 Å². The summed E-state index contributed by atoms with van der Waals surface area (Å²) in [6.07, 6.45) is 0.397. The molecule has 0 aliphatic heterocycles. The third kappa shape index (κ3) is 9.79. The van der Waals surface area contributed by atoms with Gasteiger partial charge >= 0.3 is 59.6 Å². The molecule has 0 aromatic carbocycles. The van der Waals surface area contributed by atoms with Crippen LogP contribution in [-0.2, 0) is 1.17 Å². The van der Waals surface area contributed by atoms with Crippen molar-refractivity contribution in [3.8, 4) is 0 Å². The van der Waals surface area contributed by atoms with Crippen LogP contribution >= 0.6 is 0 Å². The van der Waals surface area contributed by atoms with Crippen LogP contribution in [-0.4, -0.2) is 6.10 Å². The molecule has 6 heavy (non-hydrogen) atoms. The fourth-order valence-corrected chi connectivity index (χ4v) is 0. The first-order valence-corrected chi connectivity index (χ1v) is 2.46. The smallest absolute Gasteiger partial charge is 0 e. The molecule has 0 heterocycles. The SMILES string of the molecule is CC(C)[O][Gd].[Gd]. The Kier molecular flexibility index (Phi) is 14.5. The summed E-state index contributed by atoms with van der Waals surface area (Å²) in [4.78, 5) is 0. The zero-order valence-corrected chi connectivity index (χ0v) is 8.23. The molecule has 3 heteroatoms. The Morgan fingerprint density at radius 1 is 1.50 bits per heavy atom. The molecule has 41 valence electrons. The van der Waals surface area contributed by atoms with Crippen LogP contribution in [0.5, 0.6) is 0 Å². The van der Waals surface area contributed by atoms with Crippen molar-refractivity contribution >= 4 is 0 Å². The Hall–Kier alpha value is 2.61. The molecule has 0 spiro atoms. The van der Waals surface area contributed by atoms with Crippen LogP contribution < -0.4 is 0 Å². The number of hydrogen-bond donors (Lipinski definition) is 0. The van der Waals surface area contributed by atoms with Crippen LogP contribution in [0.4, 0.5) is 0 Å². The quantitative estimate of drug-likeness (QED) is 0.663. The van der Waals surface area contributed by atoms with Crippen molar-refractivity contribution in [2.75, 3.05) is 0 Å². The van der Waals surface area contributed by atoms with Crippen molar-refractivity contribution in [3.63, 3.8) is 0 Å². The molecule has 0 aliphatic carbocycles. The maximum Gasteiger partial charge on any atom is 0 e. The maximum atomic E-state index is 4.78. The van der Waals surface area contributed by atoms with Crippen molar-refractivity contribution < 1.29 is 79.6 Å². The van der Waals surface area contributed by atoms with Gasteiger partial charge in [0, 0.05) is 39.9 Å². The standard InChI is InChI=1S/C3H7O.2Gd/c1-3(2)4;;/h3H,1-2H3;;/q-1;;+1. The van der Waals surface area contributed by atoms with Gasteiger partial charge in [0.15, 0.2) is 0 Å². The van der Waals surface area contributed by atoms with Gasteiger partial charge in [0.2, 0.25) is 0 Å². The average Bonchev–Trinajstić information content (AvgIpc) is 1.38. The van der Waals surface area contributed by atoms with E-state index in [0.29, 0.717) is 6.10 Å². The van der Waals surface area contributed by atoms with Gasteiger partial charge < -0.3 is 0 Å². The van der Waals surface area contributed by atoms with Crippen molar-refractivity contribution in [2.45, 2.75) is 20.0 Å². The van der Waals surface area contributed by atoms with Crippen LogP contribution in [0, 0.1) is 78.4 Å². The molecule has 0 amide bonds. The van der Waals surface area contributed by atoms with Crippen molar-refractivity contribution in [1.29, 1.82) is 0 Å². The summed E-state index contributed by atoms with van der Waals surface area (Å²) in [5.74, 6) is 0. The van der Waals surface area contributed by atoms with Crippen molar-refractivity contribution in [3.05, 3.63) is 0 Å². The first-order chi connectivity index (χ1) is 2.27. The topological polar surface area (TPSA) is 9.23 Å². The monoisotopic (exact) mass is 375 g/mol. The van der Waals surface area contributed by atoms with Crippen LogP contribution in [0.25, 0.3) is 0 Å². The second kappa shape index (κ2) is 7.61. The van der Waals surface area contributed by atoms with Crippen molar-refractivity contribution in [2.24, 2.45) is 0 Å². The molecule has 0 aromatic rings. The average molecular weight is 374 g/mol. The van der Waals surface area contributed by atoms with Crippen LogP contribution in [0.3, 0.4) is 0 Å².